The highest BCUT2D eigenvalue weighted by Gasteiger charge is 2.27. The van der Waals surface area contributed by atoms with Gasteiger partial charge in [-0.3, -0.25) is 0 Å². The van der Waals surface area contributed by atoms with E-state index >= 15 is 0 Å². The van der Waals surface area contributed by atoms with Gasteiger partial charge in [0.2, 0.25) is 0 Å². The molecule has 0 bridgehead atoms. The van der Waals surface area contributed by atoms with Gasteiger partial charge in [-0.15, -0.1) is 0 Å². The molecule has 0 aromatic heterocycles. The van der Waals surface area contributed by atoms with Gasteiger partial charge in [0.15, 0.2) is 6.10 Å². The number of nitrogens with zero attached hydrogens (tertiary/aromatic N) is 1. The summed E-state index contributed by atoms with van der Waals surface area (Å²) < 4.78 is 5.19. The van der Waals surface area contributed by atoms with Crippen molar-refractivity contribution in [1.82, 2.24) is 4.90 Å². The quantitative estimate of drug-likeness (QED) is 0.749. The molecule has 0 aromatic carbocycles. The van der Waals surface area contributed by atoms with Crippen LogP contribution in [0.15, 0.2) is 0 Å². The highest BCUT2D eigenvalue weighted by molar-refractivity contribution is 5.72. The Morgan fingerprint density at radius 1 is 1.44 bits per heavy atom. The van der Waals surface area contributed by atoms with E-state index in [1.807, 2.05) is 6.92 Å². The number of rotatable bonds is 6. The molecule has 0 aromatic rings. The molecule has 0 amide bonds. The van der Waals surface area contributed by atoms with E-state index in [4.69, 9.17) is 9.84 Å². The summed E-state index contributed by atoms with van der Waals surface area (Å²) in [6.07, 6.45) is -0.0565. The summed E-state index contributed by atoms with van der Waals surface area (Å²) in [6.45, 7) is 9.79. The fourth-order valence-corrected chi connectivity index (χ4v) is 2.21. The van der Waals surface area contributed by atoms with Crippen LogP contribution in [0.3, 0.4) is 0 Å². The van der Waals surface area contributed by atoms with Gasteiger partial charge in [0.1, 0.15) is 0 Å². The van der Waals surface area contributed by atoms with E-state index in [9.17, 15) is 4.79 Å². The standard InChI is InChI=1S/C12H23NO3/c1-4-16-11(12(14)15)5-6-13-7-9(2)10(3)8-13/h9-11H,4-8H2,1-3H3,(H,14,15). The van der Waals surface area contributed by atoms with Crippen molar-refractivity contribution in [3.8, 4) is 0 Å². The molecule has 1 heterocycles. The molecule has 0 radical (unpaired) electrons. The fourth-order valence-electron chi connectivity index (χ4n) is 2.21. The zero-order valence-corrected chi connectivity index (χ0v) is 10.5. The molecular weight excluding hydrogens is 206 g/mol. The molecule has 3 atom stereocenters. The first-order valence-corrected chi connectivity index (χ1v) is 6.11. The normalized spacial score (nSPS) is 28.2. The van der Waals surface area contributed by atoms with Crippen LogP contribution in [0.2, 0.25) is 0 Å². The first kappa shape index (κ1) is 13.5. The molecule has 1 aliphatic heterocycles. The average Bonchev–Trinajstić information content (AvgIpc) is 2.53. The second-order valence-electron chi connectivity index (χ2n) is 4.79. The van der Waals surface area contributed by atoms with Crippen LogP contribution < -0.4 is 0 Å². The molecule has 0 spiro atoms. The van der Waals surface area contributed by atoms with E-state index < -0.39 is 12.1 Å². The highest BCUT2D eigenvalue weighted by atomic mass is 16.5. The predicted molar refractivity (Wildman–Crippen MR) is 62.4 cm³/mol. The van der Waals surface area contributed by atoms with Crippen LogP contribution in [0, 0.1) is 11.8 Å². The summed E-state index contributed by atoms with van der Waals surface area (Å²) in [4.78, 5) is 13.2. The second-order valence-corrected chi connectivity index (χ2v) is 4.79. The van der Waals surface area contributed by atoms with E-state index in [0.29, 0.717) is 13.0 Å². The van der Waals surface area contributed by atoms with Gasteiger partial charge < -0.3 is 14.7 Å². The van der Waals surface area contributed by atoms with Crippen molar-refractivity contribution in [3.63, 3.8) is 0 Å². The van der Waals surface area contributed by atoms with Gasteiger partial charge in [0.25, 0.3) is 0 Å². The molecule has 1 N–H and O–H groups in total. The Labute approximate surface area is 97.6 Å². The van der Waals surface area contributed by atoms with Gasteiger partial charge in [-0.25, -0.2) is 4.79 Å². The van der Waals surface area contributed by atoms with Gasteiger partial charge in [-0.1, -0.05) is 13.8 Å². The second kappa shape index (κ2) is 6.21. The van der Waals surface area contributed by atoms with Gasteiger partial charge in [-0.05, 0) is 25.2 Å². The predicted octanol–water partition coefficient (Wildman–Crippen LogP) is 1.45. The fraction of sp³-hybridized carbons (Fsp3) is 0.917. The molecule has 4 nitrogen and oxygen atoms in total. The Kier molecular flexibility index (Phi) is 5.22. The number of ether oxygens (including phenoxy) is 1. The van der Waals surface area contributed by atoms with Crippen LogP contribution in [-0.4, -0.2) is 48.3 Å². The Morgan fingerprint density at radius 2 is 2.00 bits per heavy atom. The molecule has 1 fully saturated rings. The summed E-state index contributed by atoms with van der Waals surface area (Å²) in [6, 6.07) is 0. The molecule has 1 saturated heterocycles. The minimum atomic E-state index is -0.845. The summed E-state index contributed by atoms with van der Waals surface area (Å²) >= 11 is 0. The lowest BCUT2D eigenvalue weighted by Crippen LogP contribution is -2.31. The maximum Gasteiger partial charge on any atom is 0.332 e. The van der Waals surface area contributed by atoms with Crippen molar-refractivity contribution < 1.29 is 14.6 Å². The number of hydrogen-bond acceptors (Lipinski definition) is 3. The molecule has 1 aliphatic rings. The third-order valence-electron chi connectivity index (χ3n) is 3.41. The third kappa shape index (κ3) is 3.76. The molecule has 94 valence electrons. The molecule has 1 rings (SSSR count). The zero-order valence-electron chi connectivity index (χ0n) is 10.5. The topological polar surface area (TPSA) is 49.8 Å². The number of likely N-dealkylation sites (tertiary alicyclic amines) is 1. The number of carboxylic acid groups (broad SMARTS) is 1. The smallest absolute Gasteiger partial charge is 0.332 e. The number of carbonyl (C=O) groups is 1. The van der Waals surface area contributed by atoms with Crippen LogP contribution >= 0.6 is 0 Å². The maximum atomic E-state index is 10.9. The average molecular weight is 229 g/mol. The summed E-state index contributed by atoms with van der Waals surface area (Å²) in [5.41, 5.74) is 0. The number of carboxylic acids is 1. The minimum Gasteiger partial charge on any atom is -0.479 e. The van der Waals surface area contributed by atoms with Crippen LogP contribution in [0.5, 0.6) is 0 Å². The van der Waals surface area contributed by atoms with E-state index in [0.717, 1.165) is 31.5 Å². The van der Waals surface area contributed by atoms with Crippen molar-refractivity contribution >= 4 is 5.97 Å². The maximum absolute atomic E-state index is 10.9. The summed E-state index contributed by atoms with van der Waals surface area (Å²) in [5.74, 6) is 0.591. The Bertz CT molecular complexity index is 222. The first-order valence-electron chi connectivity index (χ1n) is 6.11. The van der Waals surface area contributed by atoms with Crippen molar-refractivity contribution in [1.29, 1.82) is 0 Å². The highest BCUT2D eigenvalue weighted by Crippen LogP contribution is 2.22. The third-order valence-corrected chi connectivity index (χ3v) is 3.41. The van der Waals surface area contributed by atoms with E-state index in [1.54, 1.807) is 0 Å². The Hall–Kier alpha value is -0.610. The zero-order chi connectivity index (χ0) is 12.1. The molecule has 16 heavy (non-hydrogen) atoms. The van der Waals surface area contributed by atoms with Crippen molar-refractivity contribution in [3.05, 3.63) is 0 Å². The molecule has 4 heteroatoms. The molecule has 3 unspecified atom stereocenters. The molecular formula is C12H23NO3. The van der Waals surface area contributed by atoms with E-state index in [-0.39, 0.29) is 0 Å². The molecule has 0 saturated carbocycles. The van der Waals surface area contributed by atoms with Crippen LogP contribution in [-0.2, 0) is 9.53 Å². The first-order chi connectivity index (χ1) is 7.54. The molecule has 0 aliphatic carbocycles. The van der Waals surface area contributed by atoms with Crippen LogP contribution in [0.1, 0.15) is 27.2 Å². The van der Waals surface area contributed by atoms with Gasteiger partial charge in [0.05, 0.1) is 0 Å². The van der Waals surface area contributed by atoms with Crippen molar-refractivity contribution in [2.75, 3.05) is 26.2 Å². The van der Waals surface area contributed by atoms with Gasteiger partial charge in [0, 0.05) is 26.2 Å². The van der Waals surface area contributed by atoms with Crippen molar-refractivity contribution in [2.45, 2.75) is 33.3 Å². The summed E-state index contributed by atoms with van der Waals surface area (Å²) in [5, 5.41) is 8.94. The Balaban J connectivity index is 2.30. The van der Waals surface area contributed by atoms with Crippen molar-refractivity contribution in [2.24, 2.45) is 11.8 Å². The van der Waals surface area contributed by atoms with Crippen LogP contribution in [0.4, 0.5) is 0 Å². The van der Waals surface area contributed by atoms with E-state index in [2.05, 4.69) is 18.7 Å². The number of hydrogen-bond donors (Lipinski definition) is 1. The monoisotopic (exact) mass is 229 g/mol. The summed E-state index contributed by atoms with van der Waals surface area (Å²) in [7, 11) is 0. The lowest BCUT2D eigenvalue weighted by molar-refractivity contribution is -0.150. The van der Waals surface area contributed by atoms with Crippen LogP contribution in [0.25, 0.3) is 0 Å². The van der Waals surface area contributed by atoms with E-state index in [1.165, 1.54) is 0 Å². The SMILES string of the molecule is CCOC(CCN1CC(C)C(C)C1)C(=O)O. The lowest BCUT2D eigenvalue weighted by Gasteiger charge is -2.18. The number of aliphatic carboxylic acids is 1. The largest absolute Gasteiger partial charge is 0.479 e. The van der Waals surface area contributed by atoms with Gasteiger partial charge >= 0.3 is 5.97 Å². The van der Waals surface area contributed by atoms with Gasteiger partial charge in [-0.2, -0.15) is 0 Å². The Morgan fingerprint density at radius 3 is 2.44 bits per heavy atom. The minimum absolute atomic E-state index is 0.462. The lowest BCUT2D eigenvalue weighted by atomic mass is 10.0.